The van der Waals surface area contributed by atoms with Crippen LogP contribution in [0.25, 0.3) is 0 Å². The molecule has 0 aliphatic carbocycles. The molecule has 1 rings (SSSR count). The second-order valence-corrected chi connectivity index (χ2v) is 3.58. The van der Waals surface area contributed by atoms with Gasteiger partial charge in [-0.2, -0.15) is 0 Å². The zero-order chi connectivity index (χ0) is 13.2. The van der Waals surface area contributed by atoms with Crippen LogP contribution in [0.15, 0.2) is 6.07 Å². The number of benzene rings is 1. The average Bonchev–Trinajstić information content (AvgIpc) is 2.27. The van der Waals surface area contributed by atoms with Crippen molar-refractivity contribution in [1.29, 1.82) is 0 Å². The Balaban J connectivity index is 3.67. The summed E-state index contributed by atoms with van der Waals surface area (Å²) >= 11 is 11.1. The highest BCUT2D eigenvalue weighted by atomic mass is 35.5. The van der Waals surface area contributed by atoms with Crippen molar-refractivity contribution < 1.29 is 19.2 Å². The molecule has 0 aliphatic heterocycles. The molecule has 0 unspecified atom stereocenters. The van der Waals surface area contributed by atoms with E-state index in [1.807, 2.05) is 0 Å². The normalized spacial score (nSPS) is 9.88. The lowest BCUT2D eigenvalue weighted by atomic mass is 10.2. The van der Waals surface area contributed by atoms with Crippen molar-refractivity contribution in [3.63, 3.8) is 0 Å². The van der Waals surface area contributed by atoms with Gasteiger partial charge in [0.25, 0.3) is 5.24 Å². The largest absolute Gasteiger partial charge is 0.491 e. The predicted octanol–water partition coefficient (Wildman–Crippen LogP) is 2.64. The lowest BCUT2D eigenvalue weighted by Gasteiger charge is -2.11. The van der Waals surface area contributed by atoms with Gasteiger partial charge in [-0.05, 0) is 11.6 Å². The number of hydrogen-bond acceptors (Lipinski definition) is 5. The highest BCUT2D eigenvalue weighted by Crippen LogP contribution is 2.44. The first kappa shape index (κ1) is 13.5. The molecule has 0 heterocycles. The van der Waals surface area contributed by atoms with Crippen LogP contribution in [0.2, 0.25) is 5.02 Å². The second kappa shape index (κ2) is 5.20. The molecule has 0 saturated carbocycles. The van der Waals surface area contributed by atoms with Crippen LogP contribution in [0.3, 0.4) is 0 Å². The lowest BCUT2D eigenvalue weighted by molar-refractivity contribution is -0.385. The third-order valence-corrected chi connectivity index (χ3v) is 2.55. The van der Waals surface area contributed by atoms with Gasteiger partial charge in [-0.15, -0.1) is 0 Å². The summed E-state index contributed by atoms with van der Waals surface area (Å²) in [7, 11) is 2.47. The van der Waals surface area contributed by atoms with Gasteiger partial charge < -0.3 is 9.47 Å². The molecule has 17 heavy (non-hydrogen) atoms. The fourth-order valence-corrected chi connectivity index (χ4v) is 1.76. The summed E-state index contributed by atoms with van der Waals surface area (Å²) in [5.41, 5.74) is -0.657. The van der Waals surface area contributed by atoms with Crippen molar-refractivity contribution in [1.82, 2.24) is 0 Å². The van der Waals surface area contributed by atoms with Gasteiger partial charge in [0.2, 0.25) is 5.75 Å². The number of methoxy groups -OCH3 is 2. The van der Waals surface area contributed by atoms with E-state index < -0.39 is 15.9 Å². The molecule has 0 fully saturated rings. The molecule has 8 heteroatoms. The molecule has 1 aromatic carbocycles. The number of halogens is 2. The minimum Gasteiger partial charge on any atom is -0.491 e. The number of nitrogens with zero attached hydrogens (tertiary/aromatic N) is 1. The molecule has 6 nitrogen and oxygen atoms in total. The summed E-state index contributed by atoms with van der Waals surface area (Å²) in [6, 6.07) is 0.943. The van der Waals surface area contributed by atoms with Gasteiger partial charge in [-0.25, -0.2) is 0 Å². The van der Waals surface area contributed by atoms with Crippen LogP contribution >= 0.6 is 23.2 Å². The van der Waals surface area contributed by atoms with Gasteiger partial charge in [0.15, 0.2) is 5.75 Å². The topological polar surface area (TPSA) is 78.7 Å². The molecular weight excluding hydrogens is 273 g/mol. The zero-order valence-electron chi connectivity index (χ0n) is 8.82. The predicted molar refractivity (Wildman–Crippen MR) is 61.4 cm³/mol. The van der Waals surface area contributed by atoms with E-state index in [1.54, 1.807) is 0 Å². The zero-order valence-corrected chi connectivity index (χ0v) is 10.3. The number of ether oxygens (including phenoxy) is 2. The Labute approximate surface area is 106 Å². The Morgan fingerprint density at radius 1 is 1.35 bits per heavy atom. The summed E-state index contributed by atoms with van der Waals surface area (Å²) < 4.78 is 9.72. The van der Waals surface area contributed by atoms with Crippen molar-refractivity contribution in [2.24, 2.45) is 0 Å². The number of nitro groups is 1. The summed E-state index contributed by atoms with van der Waals surface area (Å²) in [4.78, 5) is 21.2. The number of carbonyl (C=O) groups excluding carboxylic acids is 1. The van der Waals surface area contributed by atoms with Crippen LogP contribution in [0, 0.1) is 10.1 Å². The van der Waals surface area contributed by atoms with Crippen LogP contribution in [0.5, 0.6) is 11.5 Å². The van der Waals surface area contributed by atoms with E-state index in [-0.39, 0.29) is 22.1 Å². The van der Waals surface area contributed by atoms with Gasteiger partial charge in [0, 0.05) is 6.07 Å². The standard InChI is InChI=1S/C9H7Cl2NO5/c1-16-7-5(12(14)15)3-4(9(11)13)6(10)8(7)17-2/h3H,1-2H3. The molecule has 0 spiro atoms. The van der Waals surface area contributed by atoms with Crippen molar-refractivity contribution >= 4 is 34.1 Å². The lowest BCUT2D eigenvalue weighted by Crippen LogP contribution is -2.02. The molecule has 0 amide bonds. The maximum Gasteiger partial charge on any atom is 0.315 e. The monoisotopic (exact) mass is 279 g/mol. The van der Waals surface area contributed by atoms with E-state index in [4.69, 9.17) is 32.7 Å². The van der Waals surface area contributed by atoms with Crippen LogP contribution in [-0.2, 0) is 0 Å². The Morgan fingerprint density at radius 2 is 1.88 bits per heavy atom. The molecule has 0 saturated heterocycles. The molecular formula is C9H7Cl2NO5. The number of nitro benzene ring substituents is 1. The van der Waals surface area contributed by atoms with Crippen LogP contribution in [0.4, 0.5) is 5.69 Å². The van der Waals surface area contributed by atoms with Crippen LogP contribution in [-0.4, -0.2) is 24.4 Å². The van der Waals surface area contributed by atoms with Gasteiger partial charge in [0.1, 0.15) is 0 Å². The maximum atomic E-state index is 11.1. The summed E-state index contributed by atoms with van der Waals surface area (Å²) in [6.45, 7) is 0. The van der Waals surface area contributed by atoms with Gasteiger partial charge in [-0.1, -0.05) is 11.6 Å². The first-order valence-electron chi connectivity index (χ1n) is 4.22. The van der Waals surface area contributed by atoms with E-state index in [0.29, 0.717) is 0 Å². The van der Waals surface area contributed by atoms with Gasteiger partial charge >= 0.3 is 5.69 Å². The van der Waals surface area contributed by atoms with E-state index in [0.717, 1.165) is 6.07 Å². The van der Waals surface area contributed by atoms with Crippen molar-refractivity contribution in [2.75, 3.05) is 14.2 Å². The third-order valence-electron chi connectivity index (χ3n) is 1.97. The quantitative estimate of drug-likeness (QED) is 0.481. The van der Waals surface area contributed by atoms with Crippen molar-refractivity contribution in [2.45, 2.75) is 0 Å². The van der Waals surface area contributed by atoms with E-state index >= 15 is 0 Å². The van der Waals surface area contributed by atoms with Crippen LogP contribution in [0.1, 0.15) is 10.4 Å². The number of carbonyl (C=O) groups is 1. The highest BCUT2D eigenvalue weighted by molar-refractivity contribution is 6.69. The molecule has 92 valence electrons. The SMILES string of the molecule is COc1c([N+](=O)[O-])cc(C(=O)Cl)c(Cl)c1OC. The number of rotatable bonds is 4. The Morgan fingerprint density at radius 3 is 2.24 bits per heavy atom. The summed E-state index contributed by atoms with van der Waals surface area (Å²) in [6.07, 6.45) is 0. The van der Waals surface area contributed by atoms with Gasteiger partial charge in [0.05, 0.1) is 29.7 Å². The molecule has 0 bridgehead atoms. The Hall–Kier alpha value is -1.53. The fraction of sp³-hybridized carbons (Fsp3) is 0.222. The minimum absolute atomic E-state index is 0.104. The summed E-state index contributed by atoms with van der Waals surface area (Å²) in [5.74, 6) is -0.267. The number of hydrogen-bond donors (Lipinski definition) is 0. The molecule has 0 aliphatic rings. The Kier molecular flexibility index (Phi) is 4.14. The molecule has 0 radical (unpaired) electrons. The first-order chi connectivity index (χ1) is 7.93. The van der Waals surface area contributed by atoms with Crippen LogP contribution < -0.4 is 9.47 Å². The van der Waals surface area contributed by atoms with Gasteiger partial charge in [-0.3, -0.25) is 14.9 Å². The molecule has 0 N–H and O–H groups in total. The Bertz CT molecular complexity index is 489. The van der Waals surface area contributed by atoms with E-state index in [1.165, 1.54) is 14.2 Å². The maximum absolute atomic E-state index is 11.1. The molecule has 0 aromatic heterocycles. The average molecular weight is 280 g/mol. The summed E-state index contributed by atoms with van der Waals surface area (Å²) in [5, 5.41) is 9.76. The smallest absolute Gasteiger partial charge is 0.315 e. The van der Waals surface area contributed by atoms with E-state index in [2.05, 4.69) is 0 Å². The third kappa shape index (κ3) is 2.42. The second-order valence-electron chi connectivity index (χ2n) is 2.85. The van der Waals surface area contributed by atoms with Crippen molar-refractivity contribution in [3.8, 4) is 11.5 Å². The fourth-order valence-electron chi connectivity index (χ4n) is 1.26. The highest BCUT2D eigenvalue weighted by Gasteiger charge is 2.27. The minimum atomic E-state index is -0.918. The van der Waals surface area contributed by atoms with E-state index in [9.17, 15) is 14.9 Å². The van der Waals surface area contributed by atoms with Crippen molar-refractivity contribution in [3.05, 3.63) is 26.8 Å². The molecule has 0 atom stereocenters. The molecule has 1 aromatic rings. The first-order valence-corrected chi connectivity index (χ1v) is 4.98.